The minimum absolute atomic E-state index is 0.748. The van der Waals surface area contributed by atoms with Gasteiger partial charge in [0.25, 0.3) is 0 Å². The van der Waals surface area contributed by atoms with Gasteiger partial charge in [0.05, 0.1) is 5.69 Å². The van der Waals surface area contributed by atoms with E-state index in [2.05, 4.69) is 34.5 Å². The highest BCUT2D eigenvalue weighted by atomic mass is 32.1. The summed E-state index contributed by atoms with van der Waals surface area (Å²) in [5, 5.41) is 14.2. The van der Waals surface area contributed by atoms with E-state index in [-0.39, 0.29) is 0 Å². The van der Waals surface area contributed by atoms with Crippen molar-refractivity contribution in [2.75, 3.05) is 36.0 Å². The van der Waals surface area contributed by atoms with E-state index < -0.39 is 0 Å². The van der Waals surface area contributed by atoms with E-state index in [0.717, 1.165) is 60.2 Å². The lowest BCUT2D eigenvalue weighted by molar-refractivity contribution is 0.640. The molecule has 0 bridgehead atoms. The van der Waals surface area contributed by atoms with Crippen LogP contribution in [0.15, 0.2) is 18.2 Å². The zero-order valence-electron chi connectivity index (χ0n) is 14.5. The van der Waals surface area contributed by atoms with E-state index in [4.69, 9.17) is 0 Å². The Morgan fingerprint density at radius 1 is 0.920 bits per heavy atom. The monoisotopic (exact) mass is 356 g/mol. The van der Waals surface area contributed by atoms with Gasteiger partial charge in [-0.05, 0) is 39.0 Å². The Bertz CT molecular complexity index is 861. The quantitative estimate of drug-likeness (QED) is 0.708. The Morgan fingerprint density at radius 2 is 1.60 bits per heavy atom. The number of piperazine rings is 1. The molecule has 130 valence electrons. The molecule has 3 aromatic heterocycles. The highest BCUT2D eigenvalue weighted by Gasteiger charge is 2.21. The van der Waals surface area contributed by atoms with E-state index in [9.17, 15) is 0 Å². The van der Waals surface area contributed by atoms with Gasteiger partial charge in [0.1, 0.15) is 5.82 Å². The Labute approximate surface area is 150 Å². The zero-order valence-corrected chi connectivity index (χ0v) is 15.4. The van der Waals surface area contributed by atoms with Crippen molar-refractivity contribution in [3.63, 3.8) is 0 Å². The van der Waals surface area contributed by atoms with Crippen molar-refractivity contribution < 1.29 is 0 Å². The summed E-state index contributed by atoms with van der Waals surface area (Å²) in [6.45, 7) is 9.54. The van der Waals surface area contributed by atoms with Gasteiger partial charge in [0, 0.05) is 43.4 Å². The molecule has 0 N–H and O–H groups in total. The molecule has 1 saturated heterocycles. The van der Waals surface area contributed by atoms with Crippen LogP contribution in [0.3, 0.4) is 0 Å². The Kier molecular flexibility index (Phi) is 4.08. The van der Waals surface area contributed by atoms with Gasteiger partial charge in [0.15, 0.2) is 11.6 Å². The lowest BCUT2D eigenvalue weighted by atomic mass is 10.3. The van der Waals surface area contributed by atoms with Crippen LogP contribution in [0.4, 0.5) is 10.9 Å². The van der Waals surface area contributed by atoms with E-state index >= 15 is 0 Å². The second-order valence-electron chi connectivity index (χ2n) is 6.19. The Balaban J connectivity index is 1.44. The molecule has 0 aliphatic carbocycles. The van der Waals surface area contributed by atoms with E-state index in [1.165, 1.54) is 11.5 Å². The summed E-state index contributed by atoms with van der Waals surface area (Å²) in [5.74, 6) is 2.49. The average Bonchev–Trinajstić information content (AvgIpc) is 3.20. The second kappa shape index (κ2) is 6.40. The Morgan fingerprint density at radius 3 is 2.16 bits per heavy atom. The number of hydrogen-bond acceptors (Lipinski definition) is 8. The van der Waals surface area contributed by atoms with Gasteiger partial charge in [-0.1, -0.05) is 0 Å². The first kappa shape index (κ1) is 15.9. The van der Waals surface area contributed by atoms with E-state index in [1.54, 1.807) is 0 Å². The predicted octanol–water partition coefficient (Wildman–Crippen LogP) is 1.77. The number of nitrogens with zero attached hydrogens (tertiary/aromatic N) is 8. The molecule has 0 aromatic carbocycles. The van der Waals surface area contributed by atoms with Gasteiger partial charge in [-0.3, -0.25) is 0 Å². The molecule has 1 aliphatic rings. The summed E-state index contributed by atoms with van der Waals surface area (Å²) in [6, 6.07) is 6.02. The maximum absolute atomic E-state index is 4.46. The highest BCUT2D eigenvalue weighted by Crippen LogP contribution is 2.21. The van der Waals surface area contributed by atoms with E-state index in [0.29, 0.717) is 0 Å². The molecule has 0 saturated carbocycles. The third-order valence-electron chi connectivity index (χ3n) is 4.25. The molecule has 0 atom stereocenters. The van der Waals surface area contributed by atoms with Crippen molar-refractivity contribution in [3.8, 4) is 5.82 Å². The van der Waals surface area contributed by atoms with Crippen LogP contribution in [0.25, 0.3) is 5.82 Å². The van der Waals surface area contributed by atoms with Crippen LogP contribution in [0.5, 0.6) is 0 Å². The Hall–Kier alpha value is -2.55. The van der Waals surface area contributed by atoms with Crippen molar-refractivity contribution in [3.05, 3.63) is 35.4 Å². The summed E-state index contributed by atoms with van der Waals surface area (Å²) in [5.41, 5.74) is 2.03. The largest absolute Gasteiger partial charge is 0.352 e. The lowest BCUT2D eigenvalue weighted by Crippen LogP contribution is -2.46. The second-order valence-corrected chi connectivity index (χ2v) is 6.92. The molecule has 0 unspecified atom stereocenters. The van der Waals surface area contributed by atoms with Gasteiger partial charge >= 0.3 is 0 Å². The van der Waals surface area contributed by atoms with Crippen molar-refractivity contribution in [1.29, 1.82) is 0 Å². The van der Waals surface area contributed by atoms with Crippen molar-refractivity contribution in [1.82, 2.24) is 29.3 Å². The van der Waals surface area contributed by atoms with Gasteiger partial charge in [-0.25, -0.2) is 9.67 Å². The zero-order chi connectivity index (χ0) is 17.4. The van der Waals surface area contributed by atoms with E-state index in [1.807, 2.05) is 43.7 Å². The average molecular weight is 356 g/mol. The maximum atomic E-state index is 4.46. The first-order valence-corrected chi connectivity index (χ1v) is 9.05. The van der Waals surface area contributed by atoms with Crippen LogP contribution in [0.1, 0.15) is 17.2 Å². The molecule has 1 aliphatic heterocycles. The minimum Gasteiger partial charge on any atom is -0.352 e. The standard InChI is InChI=1S/C16H20N8S/c1-11-10-12(2)24(20-11)15-5-4-14(18-19-15)22-6-8-23(9-7-22)16-17-13(3)21-25-16/h4-5,10H,6-9H2,1-3H3. The predicted molar refractivity (Wildman–Crippen MR) is 97.7 cm³/mol. The number of aromatic nitrogens is 6. The highest BCUT2D eigenvalue weighted by molar-refractivity contribution is 7.09. The fourth-order valence-corrected chi connectivity index (χ4v) is 3.73. The summed E-state index contributed by atoms with van der Waals surface area (Å²) in [4.78, 5) is 8.99. The first-order valence-electron chi connectivity index (χ1n) is 8.28. The molecule has 0 radical (unpaired) electrons. The van der Waals surface area contributed by atoms with Gasteiger partial charge in [-0.2, -0.15) is 9.47 Å². The molecular formula is C16H20N8S. The molecule has 4 rings (SSSR count). The maximum Gasteiger partial charge on any atom is 0.205 e. The van der Waals surface area contributed by atoms with Gasteiger partial charge < -0.3 is 9.80 Å². The lowest BCUT2D eigenvalue weighted by Gasteiger charge is -2.34. The SMILES string of the molecule is Cc1cc(C)n(-c2ccc(N3CCN(c4nc(C)ns4)CC3)nn2)n1. The van der Waals surface area contributed by atoms with Crippen LogP contribution in [0, 0.1) is 20.8 Å². The van der Waals surface area contributed by atoms with Crippen LogP contribution in [-0.4, -0.2) is 55.5 Å². The summed E-state index contributed by atoms with van der Waals surface area (Å²) < 4.78 is 6.08. The smallest absolute Gasteiger partial charge is 0.205 e. The molecule has 3 aromatic rings. The normalized spacial score (nSPS) is 15.0. The van der Waals surface area contributed by atoms with Crippen LogP contribution in [-0.2, 0) is 0 Å². The molecule has 4 heterocycles. The summed E-state index contributed by atoms with van der Waals surface area (Å²) in [6.07, 6.45) is 0. The van der Waals surface area contributed by atoms with Gasteiger partial charge in [-0.15, -0.1) is 10.2 Å². The number of hydrogen-bond donors (Lipinski definition) is 0. The third-order valence-corrected chi connectivity index (χ3v) is 5.12. The number of anilines is 2. The molecule has 0 amide bonds. The van der Waals surface area contributed by atoms with Crippen LogP contribution < -0.4 is 9.80 Å². The molecule has 1 fully saturated rings. The first-order chi connectivity index (χ1) is 12.1. The third kappa shape index (κ3) is 3.19. The minimum atomic E-state index is 0.748. The van der Waals surface area contributed by atoms with Crippen molar-refractivity contribution >= 4 is 22.5 Å². The number of rotatable bonds is 3. The topological polar surface area (TPSA) is 75.9 Å². The molecular weight excluding hydrogens is 336 g/mol. The van der Waals surface area contributed by atoms with Crippen LogP contribution >= 0.6 is 11.5 Å². The molecule has 0 spiro atoms. The molecule has 25 heavy (non-hydrogen) atoms. The van der Waals surface area contributed by atoms with Gasteiger partial charge in [0.2, 0.25) is 5.13 Å². The van der Waals surface area contributed by atoms with Crippen LogP contribution in [0.2, 0.25) is 0 Å². The number of aryl methyl sites for hydroxylation is 3. The molecule has 9 heteroatoms. The summed E-state index contributed by atoms with van der Waals surface area (Å²) in [7, 11) is 0. The summed E-state index contributed by atoms with van der Waals surface area (Å²) >= 11 is 1.46. The fraction of sp³-hybridized carbons (Fsp3) is 0.438. The fourth-order valence-electron chi connectivity index (χ4n) is 3.00. The van der Waals surface area contributed by atoms with Crippen molar-refractivity contribution in [2.45, 2.75) is 20.8 Å². The molecule has 8 nitrogen and oxygen atoms in total. The van der Waals surface area contributed by atoms with Crippen molar-refractivity contribution in [2.24, 2.45) is 0 Å².